The monoisotopic (exact) mass is 473 g/mol. The molecule has 2 N–H and O–H groups in total. The summed E-state index contributed by atoms with van der Waals surface area (Å²) in [7, 11) is 1.63. The summed E-state index contributed by atoms with van der Waals surface area (Å²) >= 11 is 4.89. The van der Waals surface area contributed by atoms with Gasteiger partial charge in [0.2, 0.25) is 11.1 Å². The van der Waals surface area contributed by atoms with Crippen molar-refractivity contribution in [2.75, 3.05) is 17.9 Å². The van der Waals surface area contributed by atoms with Gasteiger partial charge in [-0.3, -0.25) is 4.79 Å². The zero-order valence-electron chi connectivity index (χ0n) is 16.1. The van der Waals surface area contributed by atoms with Gasteiger partial charge in [-0.1, -0.05) is 39.8 Å². The molecule has 0 radical (unpaired) electrons. The van der Waals surface area contributed by atoms with E-state index < -0.39 is 5.25 Å². The topological polar surface area (TPSA) is 81.1 Å². The minimum atomic E-state index is -0.427. The first-order valence-corrected chi connectivity index (χ1v) is 10.7. The molecule has 0 fully saturated rings. The zero-order chi connectivity index (χ0) is 20.5. The normalized spacial score (nSPS) is 17.9. The number of fused-ring (bicyclic) bond motifs is 1. The van der Waals surface area contributed by atoms with Crippen LogP contribution < -0.4 is 15.5 Å². The number of nitrogens with zero attached hydrogens (tertiary/aromatic N) is 3. The van der Waals surface area contributed by atoms with E-state index in [9.17, 15) is 4.79 Å². The third-order valence-electron chi connectivity index (χ3n) is 4.76. The largest absolute Gasteiger partial charge is 0.497 e. The van der Waals surface area contributed by atoms with Gasteiger partial charge >= 0.3 is 0 Å². The molecule has 0 unspecified atom stereocenters. The summed E-state index contributed by atoms with van der Waals surface area (Å²) in [6.07, 6.45) is 0. The van der Waals surface area contributed by atoms with Crippen molar-refractivity contribution in [2.24, 2.45) is 0 Å². The molecule has 9 heteroatoms. The molecule has 0 aliphatic carbocycles. The Kier molecular flexibility index (Phi) is 5.51. The summed E-state index contributed by atoms with van der Waals surface area (Å²) in [5.74, 6) is 1.41. The van der Waals surface area contributed by atoms with Gasteiger partial charge in [0.25, 0.3) is 0 Å². The van der Waals surface area contributed by atoms with Crippen molar-refractivity contribution in [2.45, 2.75) is 30.3 Å². The molecule has 2 aromatic carbocycles. The van der Waals surface area contributed by atoms with Gasteiger partial charge < -0.3 is 15.5 Å². The van der Waals surface area contributed by atoms with E-state index in [4.69, 9.17) is 4.74 Å². The highest BCUT2D eigenvalue weighted by molar-refractivity contribution is 9.10. The zero-order valence-corrected chi connectivity index (χ0v) is 18.5. The highest BCUT2D eigenvalue weighted by atomic mass is 79.9. The van der Waals surface area contributed by atoms with E-state index >= 15 is 0 Å². The maximum absolute atomic E-state index is 13.2. The molecule has 7 nitrogen and oxygen atoms in total. The number of thioether (sulfide) groups is 1. The van der Waals surface area contributed by atoms with Gasteiger partial charge in [-0.25, -0.2) is 4.68 Å². The highest BCUT2D eigenvalue weighted by Gasteiger charge is 2.37. The van der Waals surface area contributed by atoms with Gasteiger partial charge in [0.1, 0.15) is 16.8 Å². The lowest BCUT2D eigenvalue weighted by Gasteiger charge is -2.32. The molecule has 3 aromatic rings. The number of rotatable bonds is 4. The number of hydrogen-bond acceptors (Lipinski definition) is 6. The quantitative estimate of drug-likeness (QED) is 0.594. The Morgan fingerprint density at radius 2 is 1.97 bits per heavy atom. The molecule has 0 saturated carbocycles. The molecule has 2 atom stereocenters. The number of methoxy groups -OCH3 is 1. The van der Waals surface area contributed by atoms with E-state index in [-0.39, 0.29) is 11.9 Å². The Bertz CT molecular complexity index is 1050. The summed E-state index contributed by atoms with van der Waals surface area (Å²) in [5.41, 5.74) is 6.19. The predicted molar refractivity (Wildman–Crippen MR) is 117 cm³/mol. The first-order valence-electron chi connectivity index (χ1n) is 9.02. The van der Waals surface area contributed by atoms with E-state index in [2.05, 4.69) is 36.9 Å². The Hall–Kier alpha value is -2.52. The molecule has 1 aliphatic rings. The fourth-order valence-corrected chi connectivity index (χ4v) is 4.53. The highest BCUT2D eigenvalue weighted by Crippen LogP contribution is 2.38. The van der Waals surface area contributed by atoms with Crippen molar-refractivity contribution in [3.05, 3.63) is 63.9 Å². The van der Waals surface area contributed by atoms with Crippen molar-refractivity contribution in [1.29, 1.82) is 0 Å². The lowest BCUT2D eigenvalue weighted by molar-refractivity contribution is -0.116. The Labute approximate surface area is 181 Å². The first-order chi connectivity index (χ1) is 14.0. The van der Waals surface area contributed by atoms with Crippen molar-refractivity contribution in [1.82, 2.24) is 14.9 Å². The smallest absolute Gasteiger partial charge is 0.240 e. The molecule has 0 saturated heterocycles. The van der Waals surface area contributed by atoms with Crippen molar-refractivity contribution in [3.8, 4) is 5.75 Å². The molecular weight excluding hydrogens is 454 g/mol. The predicted octanol–water partition coefficient (Wildman–Crippen LogP) is 4.06. The van der Waals surface area contributed by atoms with Crippen molar-refractivity contribution >= 4 is 39.3 Å². The first kappa shape index (κ1) is 19.8. The molecule has 29 heavy (non-hydrogen) atoms. The maximum atomic E-state index is 13.2. The van der Waals surface area contributed by atoms with Crippen LogP contribution in [0.4, 0.5) is 5.69 Å². The number of nitrogens with one attached hydrogen (secondary N) is 2. The van der Waals surface area contributed by atoms with E-state index in [0.717, 1.165) is 32.9 Å². The lowest BCUT2D eigenvalue weighted by Crippen LogP contribution is -2.41. The van der Waals surface area contributed by atoms with Crippen LogP contribution in [0.1, 0.15) is 23.0 Å². The fourth-order valence-electron chi connectivity index (χ4n) is 3.16. The van der Waals surface area contributed by atoms with E-state index in [0.29, 0.717) is 5.16 Å². The molecular formula is C20H20BrN5O2S. The molecule has 2 heterocycles. The average Bonchev–Trinajstić information content (AvgIpc) is 3.10. The third-order valence-corrected chi connectivity index (χ3v) is 6.86. The number of amides is 1. The van der Waals surface area contributed by atoms with E-state index in [1.54, 1.807) is 7.11 Å². The molecule has 1 amide bonds. The van der Waals surface area contributed by atoms with Crippen LogP contribution in [0.2, 0.25) is 0 Å². The van der Waals surface area contributed by atoms with Crippen LogP contribution >= 0.6 is 27.7 Å². The number of aryl methyl sites for hydroxylation is 2. The second-order valence-corrected chi connectivity index (χ2v) is 8.70. The number of anilines is 1. The number of benzene rings is 2. The van der Waals surface area contributed by atoms with Crippen molar-refractivity contribution in [3.63, 3.8) is 0 Å². The molecule has 0 spiro atoms. The van der Waals surface area contributed by atoms with Crippen LogP contribution in [0.5, 0.6) is 5.75 Å². The van der Waals surface area contributed by atoms with Gasteiger partial charge in [-0.2, -0.15) is 0 Å². The van der Waals surface area contributed by atoms with Gasteiger partial charge in [0.15, 0.2) is 0 Å². The van der Waals surface area contributed by atoms with Gasteiger partial charge in [0.05, 0.1) is 13.2 Å². The fraction of sp³-hybridized carbons (Fsp3) is 0.250. The van der Waals surface area contributed by atoms with Crippen LogP contribution in [-0.2, 0) is 4.79 Å². The van der Waals surface area contributed by atoms with Crippen LogP contribution in [0.15, 0.2) is 52.1 Å². The van der Waals surface area contributed by atoms with Gasteiger partial charge in [-0.15, -0.1) is 10.2 Å². The summed E-state index contributed by atoms with van der Waals surface area (Å²) < 4.78 is 8.09. The Morgan fingerprint density at radius 3 is 2.66 bits per heavy atom. The molecule has 1 aliphatic heterocycles. The van der Waals surface area contributed by atoms with Gasteiger partial charge in [-0.05, 0) is 55.3 Å². The van der Waals surface area contributed by atoms with E-state index in [1.165, 1.54) is 11.8 Å². The van der Waals surface area contributed by atoms with E-state index in [1.807, 2.05) is 61.0 Å². The summed E-state index contributed by atoms with van der Waals surface area (Å²) in [4.78, 5) is 13.2. The molecule has 1 aromatic heterocycles. The third kappa shape index (κ3) is 3.97. The number of carbonyl (C=O) groups excluding carboxylic acids is 1. The van der Waals surface area contributed by atoms with Crippen LogP contribution in [0, 0.1) is 13.8 Å². The lowest BCUT2D eigenvalue weighted by atomic mass is 10.0. The van der Waals surface area contributed by atoms with Crippen molar-refractivity contribution < 1.29 is 9.53 Å². The van der Waals surface area contributed by atoms with Crippen LogP contribution in [-0.4, -0.2) is 33.1 Å². The minimum Gasteiger partial charge on any atom is -0.497 e. The average molecular weight is 474 g/mol. The second kappa shape index (κ2) is 8.08. The maximum Gasteiger partial charge on any atom is 0.240 e. The number of ether oxygens (including phenoxy) is 1. The minimum absolute atomic E-state index is 0.100. The Balaban J connectivity index is 1.65. The SMILES string of the molecule is COc1ccc([C@@H]2Nn3c(C)nnc3S[C@H]2C(=O)Nc2ccc(Br)c(C)c2)cc1. The Morgan fingerprint density at radius 1 is 1.21 bits per heavy atom. The summed E-state index contributed by atoms with van der Waals surface area (Å²) in [6, 6.07) is 13.2. The number of halogens is 1. The molecule has 4 rings (SSSR count). The standard InChI is InChI=1S/C20H20BrN5O2S/c1-11-10-14(6-9-16(11)21)22-19(27)18-17(13-4-7-15(28-3)8-5-13)25-26-12(2)23-24-20(26)29-18/h4-10,17-18,25H,1-3H3,(H,22,27)/t17-,18+/m0/s1. The molecule has 150 valence electrons. The number of carbonyl (C=O) groups is 1. The molecule has 0 bridgehead atoms. The summed E-state index contributed by atoms with van der Waals surface area (Å²) in [5, 5.41) is 11.6. The van der Waals surface area contributed by atoms with Gasteiger partial charge in [0, 0.05) is 10.2 Å². The summed E-state index contributed by atoms with van der Waals surface area (Å²) in [6.45, 7) is 3.86. The number of hydrogen-bond donors (Lipinski definition) is 2. The van der Waals surface area contributed by atoms with Crippen LogP contribution in [0.3, 0.4) is 0 Å². The van der Waals surface area contributed by atoms with Crippen LogP contribution in [0.25, 0.3) is 0 Å². The second-order valence-electron chi connectivity index (χ2n) is 6.74. The number of aromatic nitrogens is 3.